The average Bonchev–Trinajstić information content (AvgIpc) is 2.43. The summed E-state index contributed by atoms with van der Waals surface area (Å²) in [5, 5.41) is 5.13. The SMILES string of the molecule is CC(OC(=O)COc1cccc(Cl)c1)C(=O)NC(=O)NC(C)(C)C. The van der Waals surface area contributed by atoms with E-state index in [1.807, 2.05) is 0 Å². The zero-order valence-corrected chi connectivity index (χ0v) is 14.8. The summed E-state index contributed by atoms with van der Waals surface area (Å²) in [6.07, 6.45) is -1.13. The minimum absolute atomic E-state index is 0.383. The Morgan fingerprint density at radius 3 is 2.50 bits per heavy atom. The second kappa shape index (κ2) is 8.54. The summed E-state index contributed by atoms with van der Waals surface area (Å²) in [7, 11) is 0. The lowest BCUT2D eigenvalue weighted by atomic mass is 10.1. The molecular weight excluding hydrogens is 336 g/mol. The van der Waals surface area contributed by atoms with Crippen LogP contribution in [0.5, 0.6) is 5.75 Å². The first-order valence-electron chi connectivity index (χ1n) is 7.27. The number of urea groups is 1. The molecule has 0 saturated heterocycles. The second-order valence-corrected chi connectivity index (χ2v) is 6.51. The molecule has 24 heavy (non-hydrogen) atoms. The van der Waals surface area contributed by atoms with Gasteiger partial charge in [-0.1, -0.05) is 17.7 Å². The topological polar surface area (TPSA) is 93.7 Å². The fourth-order valence-corrected chi connectivity index (χ4v) is 1.75. The summed E-state index contributed by atoms with van der Waals surface area (Å²) in [5.74, 6) is -1.07. The van der Waals surface area contributed by atoms with Gasteiger partial charge >= 0.3 is 12.0 Å². The van der Waals surface area contributed by atoms with Gasteiger partial charge in [-0.15, -0.1) is 0 Å². The summed E-state index contributed by atoms with van der Waals surface area (Å²) < 4.78 is 10.1. The number of carbonyl (C=O) groups excluding carboxylic acids is 3. The molecule has 0 heterocycles. The molecule has 7 nitrogen and oxygen atoms in total. The highest BCUT2D eigenvalue weighted by Crippen LogP contribution is 2.16. The third kappa shape index (κ3) is 7.82. The van der Waals surface area contributed by atoms with Gasteiger partial charge in [-0.25, -0.2) is 9.59 Å². The Morgan fingerprint density at radius 2 is 1.92 bits per heavy atom. The highest BCUT2D eigenvalue weighted by molar-refractivity contribution is 6.30. The monoisotopic (exact) mass is 356 g/mol. The van der Waals surface area contributed by atoms with Crippen LogP contribution >= 0.6 is 11.6 Å². The van der Waals surface area contributed by atoms with Crippen LogP contribution in [-0.4, -0.2) is 36.2 Å². The predicted molar refractivity (Wildman–Crippen MR) is 88.9 cm³/mol. The Bertz CT molecular complexity index is 613. The number of nitrogens with one attached hydrogen (secondary N) is 2. The van der Waals surface area contributed by atoms with Gasteiger partial charge in [-0.2, -0.15) is 0 Å². The number of hydrogen-bond acceptors (Lipinski definition) is 5. The van der Waals surface area contributed by atoms with E-state index in [9.17, 15) is 14.4 Å². The minimum Gasteiger partial charge on any atom is -0.482 e. The van der Waals surface area contributed by atoms with Crippen LogP contribution in [0.4, 0.5) is 4.79 Å². The lowest BCUT2D eigenvalue weighted by molar-refractivity contribution is -0.156. The summed E-state index contributed by atoms with van der Waals surface area (Å²) in [6.45, 7) is 6.29. The Hall–Kier alpha value is -2.28. The number of esters is 1. The van der Waals surface area contributed by atoms with Crippen LogP contribution in [0.15, 0.2) is 24.3 Å². The molecule has 0 aliphatic heterocycles. The number of imide groups is 1. The molecule has 0 spiro atoms. The number of benzene rings is 1. The Balaban J connectivity index is 2.40. The molecule has 1 unspecified atom stereocenters. The summed E-state index contributed by atoms with van der Waals surface area (Å²) in [6, 6.07) is 5.85. The van der Waals surface area contributed by atoms with Crippen LogP contribution < -0.4 is 15.4 Å². The molecule has 0 bridgehead atoms. The van der Waals surface area contributed by atoms with Crippen molar-refractivity contribution in [1.82, 2.24) is 10.6 Å². The molecule has 0 fully saturated rings. The van der Waals surface area contributed by atoms with Crippen molar-refractivity contribution in [3.05, 3.63) is 29.3 Å². The molecular formula is C16H21ClN2O5. The van der Waals surface area contributed by atoms with Crippen LogP contribution in [-0.2, 0) is 14.3 Å². The molecule has 8 heteroatoms. The van der Waals surface area contributed by atoms with Crippen molar-refractivity contribution in [2.24, 2.45) is 0 Å². The van der Waals surface area contributed by atoms with Gasteiger partial charge in [0, 0.05) is 10.6 Å². The molecule has 0 aliphatic carbocycles. The molecule has 1 rings (SSSR count). The summed E-state index contributed by atoms with van der Waals surface area (Å²) in [4.78, 5) is 35.0. The lowest BCUT2D eigenvalue weighted by Gasteiger charge is -2.21. The lowest BCUT2D eigenvalue weighted by Crippen LogP contribution is -2.50. The van der Waals surface area contributed by atoms with Crippen LogP contribution in [0.1, 0.15) is 27.7 Å². The van der Waals surface area contributed by atoms with E-state index in [1.54, 1.807) is 45.0 Å². The third-order valence-corrected chi connectivity index (χ3v) is 2.79. The van der Waals surface area contributed by atoms with E-state index in [2.05, 4.69) is 10.6 Å². The predicted octanol–water partition coefficient (Wildman–Crippen LogP) is 2.27. The van der Waals surface area contributed by atoms with E-state index in [0.717, 1.165) is 0 Å². The second-order valence-electron chi connectivity index (χ2n) is 6.07. The van der Waals surface area contributed by atoms with Crippen molar-refractivity contribution >= 4 is 29.5 Å². The van der Waals surface area contributed by atoms with Gasteiger partial charge in [0.15, 0.2) is 12.7 Å². The number of carbonyl (C=O) groups is 3. The first-order valence-corrected chi connectivity index (χ1v) is 7.65. The molecule has 3 amide bonds. The van der Waals surface area contributed by atoms with Gasteiger partial charge in [0.2, 0.25) is 0 Å². The highest BCUT2D eigenvalue weighted by Gasteiger charge is 2.22. The Kier molecular flexibility index (Phi) is 7.03. The fourth-order valence-electron chi connectivity index (χ4n) is 1.57. The third-order valence-electron chi connectivity index (χ3n) is 2.56. The average molecular weight is 357 g/mol. The summed E-state index contributed by atoms with van der Waals surface area (Å²) in [5.41, 5.74) is -0.491. The van der Waals surface area contributed by atoms with Crippen LogP contribution in [0.2, 0.25) is 5.02 Å². The first-order chi connectivity index (χ1) is 11.1. The number of hydrogen-bond donors (Lipinski definition) is 2. The molecule has 0 radical (unpaired) electrons. The maximum atomic E-state index is 11.8. The molecule has 1 atom stereocenters. The van der Waals surface area contributed by atoms with Gasteiger partial charge < -0.3 is 14.8 Å². The zero-order chi connectivity index (χ0) is 18.3. The van der Waals surface area contributed by atoms with Crippen molar-refractivity contribution in [2.45, 2.75) is 39.3 Å². The maximum Gasteiger partial charge on any atom is 0.344 e. The molecule has 1 aromatic rings. The number of amides is 3. The number of ether oxygens (including phenoxy) is 2. The largest absolute Gasteiger partial charge is 0.482 e. The van der Waals surface area contributed by atoms with E-state index >= 15 is 0 Å². The van der Waals surface area contributed by atoms with Crippen LogP contribution in [0.25, 0.3) is 0 Å². The van der Waals surface area contributed by atoms with Gasteiger partial charge in [-0.3, -0.25) is 10.1 Å². The Labute approximate surface area is 145 Å². The molecule has 2 N–H and O–H groups in total. The van der Waals surface area contributed by atoms with Gasteiger partial charge in [0.25, 0.3) is 5.91 Å². The summed E-state index contributed by atoms with van der Waals surface area (Å²) >= 11 is 5.79. The molecule has 132 valence electrons. The van der Waals surface area contributed by atoms with Gasteiger partial charge in [0.05, 0.1) is 0 Å². The van der Waals surface area contributed by atoms with Crippen molar-refractivity contribution in [2.75, 3.05) is 6.61 Å². The van der Waals surface area contributed by atoms with Crippen molar-refractivity contribution < 1.29 is 23.9 Å². The van der Waals surface area contributed by atoms with E-state index < -0.39 is 29.6 Å². The van der Waals surface area contributed by atoms with E-state index in [0.29, 0.717) is 10.8 Å². The first kappa shape index (κ1) is 19.8. The molecule has 0 aliphatic rings. The van der Waals surface area contributed by atoms with E-state index in [-0.39, 0.29) is 6.61 Å². The van der Waals surface area contributed by atoms with Gasteiger partial charge in [-0.05, 0) is 45.9 Å². The smallest absolute Gasteiger partial charge is 0.344 e. The van der Waals surface area contributed by atoms with E-state index in [4.69, 9.17) is 21.1 Å². The van der Waals surface area contributed by atoms with Crippen molar-refractivity contribution in [3.8, 4) is 5.75 Å². The normalized spacial score (nSPS) is 12.0. The minimum atomic E-state index is -1.13. The maximum absolute atomic E-state index is 11.8. The molecule has 1 aromatic carbocycles. The molecule has 0 saturated carbocycles. The van der Waals surface area contributed by atoms with Crippen LogP contribution in [0, 0.1) is 0 Å². The quantitative estimate of drug-likeness (QED) is 0.789. The molecule has 0 aromatic heterocycles. The standard InChI is InChI=1S/C16H21ClN2O5/c1-10(14(21)18-15(22)19-16(2,3)4)24-13(20)9-23-12-7-5-6-11(17)8-12/h5-8,10H,9H2,1-4H3,(H2,18,19,21,22). The highest BCUT2D eigenvalue weighted by atomic mass is 35.5. The van der Waals surface area contributed by atoms with Crippen molar-refractivity contribution in [1.29, 1.82) is 0 Å². The van der Waals surface area contributed by atoms with Gasteiger partial charge in [0.1, 0.15) is 5.75 Å². The number of halogens is 1. The zero-order valence-electron chi connectivity index (χ0n) is 14.0. The fraction of sp³-hybridized carbons (Fsp3) is 0.438. The Morgan fingerprint density at radius 1 is 1.25 bits per heavy atom. The van der Waals surface area contributed by atoms with E-state index in [1.165, 1.54) is 6.92 Å². The number of rotatable bonds is 5. The van der Waals surface area contributed by atoms with Crippen molar-refractivity contribution in [3.63, 3.8) is 0 Å². The van der Waals surface area contributed by atoms with Crippen LogP contribution in [0.3, 0.4) is 0 Å².